The van der Waals surface area contributed by atoms with E-state index in [0.717, 1.165) is 31.5 Å². The summed E-state index contributed by atoms with van der Waals surface area (Å²) in [5.41, 5.74) is 1.53. The first-order valence-corrected chi connectivity index (χ1v) is 8.87. The van der Waals surface area contributed by atoms with Crippen molar-refractivity contribution in [2.75, 3.05) is 26.2 Å². The molecule has 0 aliphatic carbocycles. The molecule has 7 nitrogen and oxygen atoms in total. The summed E-state index contributed by atoms with van der Waals surface area (Å²) in [6, 6.07) is 7.58. The van der Waals surface area contributed by atoms with Crippen molar-refractivity contribution in [1.29, 1.82) is 0 Å². The molecular weight excluding hydrogens is 318 g/mol. The van der Waals surface area contributed by atoms with Crippen molar-refractivity contribution in [3.63, 3.8) is 0 Å². The molecule has 1 aromatic carbocycles. The third-order valence-corrected chi connectivity index (χ3v) is 4.70. The van der Waals surface area contributed by atoms with Crippen molar-refractivity contribution in [3.05, 3.63) is 36.2 Å². The number of aliphatic hydroxyl groups is 1. The van der Waals surface area contributed by atoms with E-state index in [1.54, 1.807) is 12.1 Å². The first-order chi connectivity index (χ1) is 12.3. The van der Waals surface area contributed by atoms with E-state index in [-0.39, 0.29) is 18.6 Å². The number of hydrogen-bond donors (Lipinski definition) is 3. The topological polar surface area (TPSA) is 94.1 Å². The summed E-state index contributed by atoms with van der Waals surface area (Å²) in [5, 5.41) is 19.0. The number of nitrogens with zero attached hydrogens (tertiary/aromatic N) is 3. The van der Waals surface area contributed by atoms with Crippen molar-refractivity contribution in [2.45, 2.75) is 31.7 Å². The van der Waals surface area contributed by atoms with Gasteiger partial charge in [-0.3, -0.25) is 14.8 Å². The highest BCUT2D eigenvalue weighted by Gasteiger charge is 2.20. The average Bonchev–Trinajstić information content (AvgIpc) is 3.20. The van der Waals surface area contributed by atoms with Crippen LogP contribution in [0.3, 0.4) is 0 Å². The zero-order chi connectivity index (χ0) is 17.5. The zero-order valence-corrected chi connectivity index (χ0v) is 14.3. The molecule has 2 heterocycles. The van der Waals surface area contributed by atoms with Crippen LogP contribution in [0, 0.1) is 0 Å². The lowest BCUT2D eigenvalue weighted by Gasteiger charge is -2.34. The number of aromatic amines is 1. The second kappa shape index (κ2) is 8.73. The van der Waals surface area contributed by atoms with Crippen molar-refractivity contribution in [2.24, 2.45) is 0 Å². The van der Waals surface area contributed by atoms with Crippen molar-refractivity contribution < 1.29 is 9.90 Å². The molecule has 2 aromatic rings. The molecule has 134 valence electrons. The fourth-order valence-electron chi connectivity index (χ4n) is 3.27. The average molecular weight is 343 g/mol. The smallest absolute Gasteiger partial charge is 0.251 e. The number of carbonyl (C=O) groups is 1. The Morgan fingerprint density at radius 2 is 2.16 bits per heavy atom. The predicted octanol–water partition coefficient (Wildman–Crippen LogP) is 1.44. The maximum atomic E-state index is 12.2. The van der Waals surface area contributed by atoms with E-state index < -0.39 is 0 Å². The highest BCUT2D eigenvalue weighted by molar-refractivity contribution is 5.94. The lowest BCUT2D eigenvalue weighted by molar-refractivity contribution is 0.0868. The molecule has 0 radical (unpaired) electrons. The molecule has 1 aliphatic heterocycles. The summed E-state index contributed by atoms with van der Waals surface area (Å²) in [4.78, 5) is 18.6. The third kappa shape index (κ3) is 4.64. The minimum Gasteiger partial charge on any atom is -0.395 e. The van der Waals surface area contributed by atoms with Crippen LogP contribution >= 0.6 is 0 Å². The minimum atomic E-state index is -0.0681. The van der Waals surface area contributed by atoms with E-state index in [9.17, 15) is 9.90 Å². The van der Waals surface area contributed by atoms with Gasteiger partial charge in [0.2, 0.25) is 0 Å². The van der Waals surface area contributed by atoms with Gasteiger partial charge in [-0.25, -0.2) is 4.98 Å². The van der Waals surface area contributed by atoms with Gasteiger partial charge in [0.25, 0.3) is 5.91 Å². The van der Waals surface area contributed by atoms with Crippen LogP contribution in [0.5, 0.6) is 0 Å². The number of piperidine rings is 1. The van der Waals surface area contributed by atoms with Crippen LogP contribution < -0.4 is 5.32 Å². The Morgan fingerprint density at radius 1 is 1.32 bits per heavy atom. The van der Waals surface area contributed by atoms with Crippen LogP contribution in [0.25, 0.3) is 11.4 Å². The van der Waals surface area contributed by atoms with Gasteiger partial charge in [0, 0.05) is 30.3 Å². The number of likely N-dealkylation sites (tertiary alicyclic amines) is 1. The second-order valence-corrected chi connectivity index (χ2v) is 6.39. The molecule has 1 atom stereocenters. The Labute approximate surface area is 147 Å². The zero-order valence-electron chi connectivity index (χ0n) is 14.3. The van der Waals surface area contributed by atoms with Crippen LogP contribution in [0.15, 0.2) is 30.6 Å². The molecule has 0 unspecified atom stereocenters. The van der Waals surface area contributed by atoms with E-state index in [2.05, 4.69) is 25.4 Å². The summed E-state index contributed by atoms with van der Waals surface area (Å²) in [6.45, 7) is 2.82. The van der Waals surface area contributed by atoms with Crippen molar-refractivity contribution in [3.8, 4) is 11.4 Å². The van der Waals surface area contributed by atoms with E-state index >= 15 is 0 Å². The standard InChI is InChI=1S/C18H25N5O2/c24-12-16-4-1-2-10-23(16)11-3-9-19-18(25)15-7-5-14(6-8-15)17-20-13-21-22-17/h5-8,13,16,24H,1-4,9-12H2,(H,19,25)(H,20,21,22)/t16-/m0/s1. The van der Waals surface area contributed by atoms with Crippen LogP contribution in [0.2, 0.25) is 0 Å². The van der Waals surface area contributed by atoms with Crippen LogP contribution in [0.4, 0.5) is 0 Å². The van der Waals surface area contributed by atoms with Crippen LogP contribution in [-0.2, 0) is 0 Å². The molecule has 1 fully saturated rings. The fraction of sp³-hybridized carbons (Fsp3) is 0.500. The minimum absolute atomic E-state index is 0.0681. The normalized spacial score (nSPS) is 18.2. The Kier molecular flexibility index (Phi) is 6.14. The number of hydrogen-bond acceptors (Lipinski definition) is 5. The van der Waals surface area contributed by atoms with Gasteiger partial charge >= 0.3 is 0 Å². The van der Waals surface area contributed by atoms with Crippen LogP contribution in [-0.4, -0.2) is 63.4 Å². The van der Waals surface area contributed by atoms with E-state index in [4.69, 9.17) is 0 Å². The van der Waals surface area contributed by atoms with Gasteiger partial charge in [-0.05, 0) is 37.9 Å². The molecule has 1 saturated heterocycles. The Morgan fingerprint density at radius 3 is 2.88 bits per heavy atom. The van der Waals surface area contributed by atoms with Gasteiger partial charge in [-0.2, -0.15) is 5.10 Å². The molecule has 7 heteroatoms. The summed E-state index contributed by atoms with van der Waals surface area (Å²) in [7, 11) is 0. The molecule has 3 N–H and O–H groups in total. The van der Waals surface area contributed by atoms with Crippen molar-refractivity contribution >= 4 is 5.91 Å². The molecule has 1 aliphatic rings. The number of aliphatic hydroxyl groups excluding tert-OH is 1. The number of aromatic nitrogens is 3. The van der Waals surface area contributed by atoms with Gasteiger partial charge in [0.1, 0.15) is 6.33 Å². The molecule has 0 bridgehead atoms. The quantitative estimate of drug-likeness (QED) is 0.661. The summed E-state index contributed by atoms with van der Waals surface area (Å²) in [5.74, 6) is 0.619. The van der Waals surface area contributed by atoms with Gasteiger partial charge in [0.15, 0.2) is 5.82 Å². The number of rotatable bonds is 7. The first kappa shape index (κ1) is 17.6. The molecule has 0 saturated carbocycles. The monoisotopic (exact) mass is 343 g/mol. The molecular formula is C18H25N5O2. The number of H-pyrrole nitrogens is 1. The lowest BCUT2D eigenvalue weighted by atomic mass is 10.0. The lowest BCUT2D eigenvalue weighted by Crippen LogP contribution is -2.43. The number of nitrogens with one attached hydrogen (secondary N) is 2. The number of benzene rings is 1. The SMILES string of the molecule is O=C(NCCCN1CCCC[C@H]1CO)c1ccc(-c2ncn[nH]2)cc1. The van der Waals surface area contributed by atoms with E-state index in [1.807, 2.05) is 12.1 Å². The van der Waals surface area contributed by atoms with E-state index in [0.29, 0.717) is 17.9 Å². The van der Waals surface area contributed by atoms with Crippen molar-refractivity contribution in [1.82, 2.24) is 25.4 Å². The fourth-order valence-corrected chi connectivity index (χ4v) is 3.27. The number of amides is 1. The molecule has 25 heavy (non-hydrogen) atoms. The van der Waals surface area contributed by atoms with Gasteiger partial charge in [0.05, 0.1) is 6.61 Å². The highest BCUT2D eigenvalue weighted by Crippen LogP contribution is 2.17. The Balaban J connectivity index is 1.43. The maximum Gasteiger partial charge on any atom is 0.251 e. The molecule has 1 aromatic heterocycles. The molecule has 1 amide bonds. The Bertz CT molecular complexity index is 657. The molecule has 0 spiro atoms. The largest absolute Gasteiger partial charge is 0.395 e. The first-order valence-electron chi connectivity index (χ1n) is 8.87. The summed E-state index contributed by atoms with van der Waals surface area (Å²) < 4.78 is 0. The Hall–Kier alpha value is -2.25. The van der Waals surface area contributed by atoms with Gasteiger partial charge in [-0.1, -0.05) is 18.6 Å². The summed E-state index contributed by atoms with van der Waals surface area (Å²) >= 11 is 0. The van der Waals surface area contributed by atoms with E-state index in [1.165, 1.54) is 19.2 Å². The van der Waals surface area contributed by atoms with Gasteiger partial charge in [-0.15, -0.1) is 0 Å². The third-order valence-electron chi connectivity index (χ3n) is 4.70. The highest BCUT2D eigenvalue weighted by atomic mass is 16.3. The van der Waals surface area contributed by atoms with Crippen LogP contribution in [0.1, 0.15) is 36.0 Å². The number of carbonyl (C=O) groups excluding carboxylic acids is 1. The summed E-state index contributed by atoms with van der Waals surface area (Å²) in [6.07, 6.45) is 5.81. The van der Waals surface area contributed by atoms with Gasteiger partial charge < -0.3 is 10.4 Å². The molecule has 3 rings (SSSR count). The predicted molar refractivity (Wildman–Crippen MR) is 95.1 cm³/mol. The second-order valence-electron chi connectivity index (χ2n) is 6.39. The maximum absolute atomic E-state index is 12.2.